The van der Waals surface area contributed by atoms with E-state index in [1.807, 2.05) is 14.0 Å². The Labute approximate surface area is 130 Å². The van der Waals surface area contributed by atoms with Crippen LogP contribution in [-0.4, -0.2) is 46.2 Å². The lowest BCUT2D eigenvalue weighted by molar-refractivity contribution is 0.00528. The van der Waals surface area contributed by atoms with Crippen LogP contribution < -0.4 is 5.73 Å². The number of hydrogen-bond acceptors (Lipinski definition) is 3. The minimum Gasteiger partial charge on any atom is -0.375 e. The van der Waals surface area contributed by atoms with E-state index in [1.165, 1.54) is 5.56 Å². The topological polar surface area (TPSA) is 68.7 Å². The maximum absolute atomic E-state index is 6.11. The molecule has 1 atom stereocenters. The van der Waals surface area contributed by atoms with Gasteiger partial charge in [-0.15, -0.1) is 0 Å². The fourth-order valence-electron chi connectivity index (χ4n) is 2.78. The van der Waals surface area contributed by atoms with E-state index < -0.39 is 0 Å². The van der Waals surface area contributed by atoms with Gasteiger partial charge in [0.15, 0.2) is 5.96 Å². The van der Waals surface area contributed by atoms with Crippen LogP contribution in [0.4, 0.5) is 0 Å². The molecule has 2 N–H and O–H groups in total. The third-order valence-corrected chi connectivity index (χ3v) is 4.08. The zero-order chi connectivity index (χ0) is 15.7. The van der Waals surface area contributed by atoms with Crippen LogP contribution in [0.25, 0.3) is 11.0 Å². The van der Waals surface area contributed by atoms with Gasteiger partial charge in [-0.3, -0.25) is 0 Å². The van der Waals surface area contributed by atoms with Crippen molar-refractivity contribution in [2.24, 2.45) is 17.8 Å². The van der Waals surface area contributed by atoms with Crippen molar-refractivity contribution in [2.75, 3.05) is 19.7 Å². The van der Waals surface area contributed by atoms with E-state index >= 15 is 0 Å². The Kier molecular flexibility index (Phi) is 4.02. The van der Waals surface area contributed by atoms with E-state index in [2.05, 4.69) is 44.6 Å². The zero-order valence-corrected chi connectivity index (χ0v) is 13.4. The molecule has 22 heavy (non-hydrogen) atoms. The Hall–Kier alpha value is -2.08. The molecular weight excluding hydrogens is 278 g/mol. The predicted octanol–water partition coefficient (Wildman–Crippen LogP) is 1.42. The van der Waals surface area contributed by atoms with E-state index in [0.29, 0.717) is 19.1 Å². The molecule has 0 saturated carbocycles. The lowest BCUT2D eigenvalue weighted by Gasteiger charge is -2.31. The van der Waals surface area contributed by atoms with E-state index in [1.54, 1.807) is 0 Å². The molecule has 1 fully saturated rings. The van der Waals surface area contributed by atoms with Crippen LogP contribution in [0.3, 0.4) is 0 Å². The maximum Gasteiger partial charge on any atom is 0.191 e. The van der Waals surface area contributed by atoms with Crippen LogP contribution >= 0.6 is 0 Å². The Morgan fingerprint density at radius 3 is 3.09 bits per heavy atom. The van der Waals surface area contributed by atoms with Crippen molar-refractivity contribution < 1.29 is 4.74 Å². The summed E-state index contributed by atoms with van der Waals surface area (Å²) in [4.78, 5) is 11.2. The van der Waals surface area contributed by atoms with Crippen LogP contribution in [0.15, 0.2) is 23.2 Å². The normalized spacial score (nSPS) is 19.9. The SMILES string of the molecule is Cc1ccc2c(c1)nc(CN=C(N)N1CCOC(C)C1)n2C. The van der Waals surface area contributed by atoms with Gasteiger partial charge < -0.3 is 19.9 Å². The molecule has 0 spiro atoms. The second kappa shape index (κ2) is 5.96. The number of morpholine rings is 1. The number of aromatic nitrogens is 2. The maximum atomic E-state index is 6.11. The van der Waals surface area contributed by atoms with Crippen LogP contribution in [0.5, 0.6) is 0 Å². The first-order chi connectivity index (χ1) is 10.5. The molecule has 6 heteroatoms. The first-order valence-corrected chi connectivity index (χ1v) is 7.63. The number of aliphatic imine (C=N–C) groups is 1. The van der Waals surface area contributed by atoms with Crippen LogP contribution in [0.1, 0.15) is 18.3 Å². The molecule has 0 aliphatic carbocycles. The molecule has 2 aromatic rings. The molecule has 1 saturated heterocycles. The van der Waals surface area contributed by atoms with Crippen molar-refractivity contribution in [1.82, 2.24) is 14.5 Å². The predicted molar refractivity (Wildman–Crippen MR) is 87.8 cm³/mol. The summed E-state index contributed by atoms with van der Waals surface area (Å²) in [6.07, 6.45) is 0.196. The summed E-state index contributed by atoms with van der Waals surface area (Å²) in [5.74, 6) is 1.49. The third kappa shape index (κ3) is 2.92. The summed E-state index contributed by atoms with van der Waals surface area (Å²) < 4.78 is 7.60. The zero-order valence-electron chi connectivity index (χ0n) is 13.4. The van der Waals surface area contributed by atoms with Gasteiger partial charge in [-0.2, -0.15) is 0 Å². The van der Waals surface area contributed by atoms with Gasteiger partial charge in [-0.05, 0) is 31.5 Å². The number of rotatable bonds is 2. The molecule has 0 radical (unpaired) electrons. The standard InChI is InChI=1S/C16H23N5O/c1-11-4-5-14-13(8-11)19-15(20(14)3)9-18-16(17)21-6-7-22-12(2)10-21/h4-5,8,12H,6-7,9-10H2,1-3H3,(H2,17,18). The summed E-state index contributed by atoms with van der Waals surface area (Å²) in [5, 5.41) is 0. The molecule has 1 aromatic heterocycles. The molecule has 6 nitrogen and oxygen atoms in total. The molecule has 0 bridgehead atoms. The first-order valence-electron chi connectivity index (χ1n) is 7.63. The molecular formula is C16H23N5O. The van der Waals surface area contributed by atoms with Gasteiger partial charge in [0.2, 0.25) is 0 Å². The lowest BCUT2D eigenvalue weighted by Crippen LogP contribution is -2.47. The highest BCUT2D eigenvalue weighted by Gasteiger charge is 2.18. The highest BCUT2D eigenvalue weighted by atomic mass is 16.5. The summed E-state index contributed by atoms with van der Waals surface area (Å²) in [6.45, 7) is 6.89. The second-order valence-corrected chi connectivity index (χ2v) is 5.88. The average Bonchev–Trinajstić information content (AvgIpc) is 2.80. The smallest absolute Gasteiger partial charge is 0.191 e. The molecule has 1 aliphatic rings. The number of guanidine groups is 1. The van der Waals surface area contributed by atoms with Crippen molar-refractivity contribution in [1.29, 1.82) is 0 Å². The van der Waals surface area contributed by atoms with Crippen LogP contribution in [0.2, 0.25) is 0 Å². The van der Waals surface area contributed by atoms with Crippen molar-refractivity contribution in [3.8, 4) is 0 Å². The number of fused-ring (bicyclic) bond motifs is 1. The number of aryl methyl sites for hydroxylation is 2. The summed E-state index contributed by atoms with van der Waals surface area (Å²) in [6, 6.07) is 6.29. The van der Waals surface area contributed by atoms with Crippen LogP contribution in [0, 0.1) is 6.92 Å². The first kappa shape index (κ1) is 14.8. The van der Waals surface area contributed by atoms with E-state index in [0.717, 1.165) is 29.9 Å². The molecule has 1 unspecified atom stereocenters. The minimum absolute atomic E-state index is 0.196. The van der Waals surface area contributed by atoms with Crippen molar-refractivity contribution in [3.63, 3.8) is 0 Å². The number of imidazole rings is 1. The summed E-state index contributed by atoms with van der Waals surface area (Å²) in [7, 11) is 2.02. The van der Waals surface area contributed by atoms with Gasteiger partial charge in [-0.1, -0.05) is 6.07 Å². The third-order valence-electron chi connectivity index (χ3n) is 4.08. The van der Waals surface area contributed by atoms with Crippen molar-refractivity contribution in [3.05, 3.63) is 29.6 Å². The Morgan fingerprint density at radius 1 is 1.50 bits per heavy atom. The molecule has 3 rings (SSSR count). The Balaban J connectivity index is 1.78. The number of benzene rings is 1. The average molecular weight is 301 g/mol. The fraction of sp³-hybridized carbons (Fsp3) is 0.500. The highest BCUT2D eigenvalue weighted by molar-refractivity contribution is 5.79. The summed E-state index contributed by atoms with van der Waals surface area (Å²) in [5.41, 5.74) is 9.45. The van der Waals surface area contributed by atoms with E-state index in [4.69, 9.17) is 10.5 Å². The van der Waals surface area contributed by atoms with E-state index in [-0.39, 0.29) is 6.10 Å². The van der Waals surface area contributed by atoms with Crippen molar-refractivity contribution in [2.45, 2.75) is 26.5 Å². The minimum atomic E-state index is 0.196. The molecule has 1 aliphatic heterocycles. The van der Waals surface area contributed by atoms with Crippen molar-refractivity contribution >= 4 is 17.0 Å². The second-order valence-electron chi connectivity index (χ2n) is 5.88. The number of hydrogen-bond donors (Lipinski definition) is 1. The van der Waals surface area contributed by atoms with Gasteiger partial charge in [0.1, 0.15) is 12.4 Å². The Morgan fingerprint density at radius 2 is 2.32 bits per heavy atom. The monoisotopic (exact) mass is 301 g/mol. The van der Waals surface area contributed by atoms with Gasteiger partial charge >= 0.3 is 0 Å². The largest absolute Gasteiger partial charge is 0.375 e. The van der Waals surface area contributed by atoms with E-state index in [9.17, 15) is 0 Å². The quantitative estimate of drug-likeness (QED) is 0.673. The Bertz CT molecular complexity index is 706. The number of ether oxygens (including phenoxy) is 1. The van der Waals surface area contributed by atoms with Gasteiger partial charge in [0, 0.05) is 20.1 Å². The molecule has 0 amide bonds. The molecule has 1 aromatic carbocycles. The van der Waals surface area contributed by atoms with Crippen LogP contribution in [-0.2, 0) is 18.3 Å². The highest BCUT2D eigenvalue weighted by Crippen LogP contribution is 2.17. The van der Waals surface area contributed by atoms with Gasteiger partial charge in [0.25, 0.3) is 0 Å². The lowest BCUT2D eigenvalue weighted by atomic mass is 10.2. The fourth-order valence-corrected chi connectivity index (χ4v) is 2.78. The number of nitrogens with two attached hydrogens (primary N) is 1. The van der Waals surface area contributed by atoms with Gasteiger partial charge in [0.05, 0.1) is 23.7 Å². The molecule has 118 valence electrons. The van der Waals surface area contributed by atoms with Gasteiger partial charge in [-0.25, -0.2) is 9.98 Å². The summed E-state index contributed by atoms with van der Waals surface area (Å²) >= 11 is 0. The number of nitrogens with zero attached hydrogens (tertiary/aromatic N) is 4. The molecule has 2 heterocycles.